The van der Waals surface area contributed by atoms with Gasteiger partial charge in [-0.15, -0.1) is 5.10 Å². The van der Waals surface area contributed by atoms with Crippen LogP contribution in [0, 0.1) is 0 Å². The molecule has 0 aliphatic heterocycles. The maximum Gasteiger partial charge on any atom is 0.179 e. The topological polar surface area (TPSA) is 77.7 Å². The van der Waals surface area contributed by atoms with Gasteiger partial charge in [-0.05, 0) is 47.7 Å². The standard InChI is InChI=1S/C29H26N4O2S/c34-36(35,29-13-5-4-12-27(29)25-9-2-1-3-10-25)19-7-8-23-14-16-24(17-15-23)21-33-22-28(31-32-33)26-11-6-18-30-20-26/h1-6,9-18,20,22H,7-8,19,21H2. The summed E-state index contributed by atoms with van der Waals surface area (Å²) in [7, 11) is -3.40. The molecule has 180 valence electrons. The van der Waals surface area contributed by atoms with Crippen molar-refractivity contribution in [1.82, 2.24) is 20.0 Å². The lowest BCUT2D eigenvalue weighted by molar-refractivity contribution is 0.593. The number of hydrogen-bond donors (Lipinski definition) is 0. The SMILES string of the molecule is O=S(=O)(CCCc1ccc(Cn2cc(-c3cccnc3)nn2)cc1)c1ccccc1-c1ccccc1. The average molecular weight is 495 g/mol. The molecule has 2 heterocycles. The summed E-state index contributed by atoms with van der Waals surface area (Å²) in [6.07, 6.45) is 6.66. The monoisotopic (exact) mass is 494 g/mol. The molecule has 0 saturated heterocycles. The molecule has 0 atom stereocenters. The summed E-state index contributed by atoms with van der Waals surface area (Å²) in [5.74, 6) is 0.106. The first-order valence-electron chi connectivity index (χ1n) is 11.8. The van der Waals surface area contributed by atoms with Gasteiger partial charge >= 0.3 is 0 Å². The number of aromatic nitrogens is 4. The van der Waals surface area contributed by atoms with E-state index in [1.165, 1.54) is 0 Å². The minimum Gasteiger partial charge on any atom is -0.264 e. The van der Waals surface area contributed by atoms with E-state index < -0.39 is 9.84 Å². The zero-order valence-corrected chi connectivity index (χ0v) is 20.6. The van der Waals surface area contributed by atoms with Crippen molar-refractivity contribution >= 4 is 9.84 Å². The van der Waals surface area contributed by atoms with Gasteiger partial charge in [0.25, 0.3) is 0 Å². The molecule has 0 aliphatic carbocycles. The minimum absolute atomic E-state index is 0.106. The van der Waals surface area contributed by atoms with Crippen LogP contribution in [0.3, 0.4) is 0 Å². The molecule has 5 rings (SSSR count). The Kier molecular flexibility index (Phi) is 7.00. The van der Waals surface area contributed by atoms with E-state index in [2.05, 4.69) is 39.6 Å². The fourth-order valence-corrected chi connectivity index (χ4v) is 5.74. The smallest absolute Gasteiger partial charge is 0.179 e. The first-order chi connectivity index (χ1) is 17.6. The first-order valence-corrected chi connectivity index (χ1v) is 13.5. The van der Waals surface area contributed by atoms with Gasteiger partial charge in [-0.2, -0.15) is 0 Å². The van der Waals surface area contributed by atoms with Crippen LogP contribution in [0.25, 0.3) is 22.4 Å². The molecule has 36 heavy (non-hydrogen) atoms. The molecule has 0 amide bonds. The predicted molar refractivity (Wildman–Crippen MR) is 141 cm³/mol. The summed E-state index contributed by atoms with van der Waals surface area (Å²) in [5.41, 5.74) is 5.59. The maximum absolute atomic E-state index is 13.2. The number of rotatable bonds is 9. The first kappa shape index (κ1) is 23.6. The van der Waals surface area contributed by atoms with Crippen LogP contribution in [-0.4, -0.2) is 34.1 Å². The lowest BCUT2D eigenvalue weighted by Crippen LogP contribution is -2.09. The highest BCUT2D eigenvalue weighted by Gasteiger charge is 2.19. The zero-order chi connectivity index (χ0) is 24.8. The summed E-state index contributed by atoms with van der Waals surface area (Å²) in [5, 5.41) is 8.45. The number of aryl methyl sites for hydroxylation is 1. The zero-order valence-electron chi connectivity index (χ0n) is 19.7. The van der Waals surface area contributed by atoms with Crippen LogP contribution in [0.2, 0.25) is 0 Å². The number of hydrogen-bond acceptors (Lipinski definition) is 5. The molecule has 0 saturated carbocycles. The van der Waals surface area contributed by atoms with Crippen LogP contribution in [0.15, 0.2) is 114 Å². The van der Waals surface area contributed by atoms with E-state index in [4.69, 9.17) is 0 Å². The molecule has 6 nitrogen and oxygen atoms in total. The molecule has 0 radical (unpaired) electrons. The Morgan fingerprint density at radius 3 is 2.25 bits per heavy atom. The molecular weight excluding hydrogens is 468 g/mol. The Hall–Kier alpha value is -4.10. The van der Waals surface area contributed by atoms with Crippen molar-refractivity contribution < 1.29 is 8.42 Å². The molecule has 0 N–H and O–H groups in total. The van der Waals surface area contributed by atoms with E-state index in [0.29, 0.717) is 24.3 Å². The van der Waals surface area contributed by atoms with E-state index in [9.17, 15) is 8.42 Å². The second-order valence-electron chi connectivity index (χ2n) is 8.64. The van der Waals surface area contributed by atoms with Crippen LogP contribution in [0.4, 0.5) is 0 Å². The summed E-state index contributed by atoms with van der Waals surface area (Å²) in [6.45, 7) is 0.609. The van der Waals surface area contributed by atoms with Crippen molar-refractivity contribution in [2.24, 2.45) is 0 Å². The van der Waals surface area contributed by atoms with Gasteiger partial charge in [-0.25, -0.2) is 13.1 Å². The Labute approximate surface area is 211 Å². The number of benzene rings is 3. The summed E-state index contributed by atoms with van der Waals surface area (Å²) in [6, 6.07) is 28.9. The van der Waals surface area contributed by atoms with Crippen LogP contribution in [0.1, 0.15) is 17.5 Å². The van der Waals surface area contributed by atoms with Gasteiger partial charge in [0.15, 0.2) is 9.84 Å². The van der Waals surface area contributed by atoms with Crippen molar-refractivity contribution in [1.29, 1.82) is 0 Å². The average Bonchev–Trinajstić information content (AvgIpc) is 3.39. The number of pyridine rings is 1. The van der Waals surface area contributed by atoms with Gasteiger partial charge in [0.05, 0.1) is 23.4 Å². The van der Waals surface area contributed by atoms with Crippen molar-refractivity contribution in [3.05, 3.63) is 121 Å². The molecule has 0 bridgehead atoms. The molecular formula is C29H26N4O2S. The second-order valence-corrected chi connectivity index (χ2v) is 10.7. The second kappa shape index (κ2) is 10.7. The van der Waals surface area contributed by atoms with Crippen molar-refractivity contribution in [2.45, 2.75) is 24.3 Å². The fraction of sp³-hybridized carbons (Fsp3) is 0.138. The molecule has 2 aromatic heterocycles. The van der Waals surface area contributed by atoms with Gasteiger partial charge in [0, 0.05) is 23.5 Å². The lowest BCUT2D eigenvalue weighted by Gasteiger charge is -2.11. The molecule has 0 fully saturated rings. The lowest BCUT2D eigenvalue weighted by atomic mass is 10.1. The Balaban J connectivity index is 1.19. The van der Waals surface area contributed by atoms with Crippen molar-refractivity contribution in [2.75, 3.05) is 5.75 Å². The van der Waals surface area contributed by atoms with Crippen molar-refractivity contribution in [3.63, 3.8) is 0 Å². The summed E-state index contributed by atoms with van der Waals surface area (Å²) >= 11 is 0. The van der Waals surface area contributed by atoms with E-state index >= 15 is 0 Å². The molecule has 5 aromatic rings. The highest BCUT2D eigenvalue weighted by molar-refractivity contribution is 7.91. The highest BCUT2D eigenvalue weighted by Crippen LogP contribution is 2.28. The van der Waals surface area contributed by atoms with E-state index in [1.54, 1.807) is 29.2 Å². The molecule has 0 aliphatic rings. The van der Waals surface area contributed by atoms with Crippen LogP contribution in [-0.2, 0) is 22.8 Å². The normalized spacial score (nSPS) is 11.4. The van der Waals surface area contributed by atoms with Gasteiger partial charge in [0.1, 0.15) is 5.69 Å². The van der Waals surface area contributed by atoms with Crippen LogP contribution < -0.4 is 0 Å². The minimum atomic E-state index is -3.40. The number of sulfone groups is 1. The van der Waals surface area contributed by atoms with Gasteiger partial charge in [-0.1, -0.05) is 78.0 Å². The Morgan fingerprint density at radius 1 is 0.750 bits per heavy atom. The van der Waals surface area contributed by atoms with Crippen LogP contribution in [0.5, 0.6) is 0 Å². The molecule has 0 spiro atoms. The number of nitrogens with zero attached hydrogens (tertiary/aromatic N) is 4. The van der Waals surface area contributed by atoms with Gasteiger partial charge in [-0.3, -0.25) is 4.98 Å². The van der Waals surface area contributed by atoms with E-state index in [-0.39, 0.29) is 5.75 Å². The van der Waals surface area contributed by atoms with Crippen molar-refractivity contribution in [3.8, 4) is 22.4 Å². The third kappa shape index (κ3) is 5.58. The van der Waals surface area contributed by atoms with Crippen LogP contribution >= 0.6 is 0 Å². The molecule has 3 aromatic carbocycles. The summed E-state index contributed by atoms with van der Waals surface area (Å²) in [4.78, 5) is 4.52. The highest BCUT2D eigenvalue weighted by atomic mass is 32.2. The third-order valence-electron chi connectivity index (χ3n) is 6.05. The summed E-state index contributed by atoms with van der Waals surface area (Å²) < 4.78 is 28.1. The predicted octanol–water partition coefficient (Wildman–Crippen LogP) is 5.46. The maximum atomic E-state index is 13.2. The Morgan fingerprint density at radius 2 is 1.47 bits per heavy atom. The van der Waals surface area contributed by atoms with Gasteiger partial charge in [0.2, 0.25) is 0 Å². The molecule has 0 unspecified atom stereocenters. The van der Waals surface area contributed by atoms with E-state index in [1.807, 2.05) is 60.8 Å². The Bertz CT molecular complexity index is 1530. The molecule has 7 heteroatoms. The third-order valence-corrected chi connectivity index (χ3v) is 7.90. The fourth-order valence-electron chi connectivity index (χ4n) is 4.19. The van der Waals surface area contributed by atoms with E-state index in [0.717, 1.165) is 33.5 Å². The quantitative estimate of drug-likeness (QED) is 0.272. The largest absolute Gasteiger partial charge is 0.264 e. The van der Waals surface area contributed by atoms with Gasteiger partial charge < -0.3 is 0 Å².